The molecular weight excluding hydrogens is 270 g/mol. The summed E-state index contributed by atoms with van der Waals surface area (Å²) in [5, 5.41) is 3.96. The zero-order valence-corrected chi connectivity index (χ0v) is 13.3. The van der Waals surface area contributed by atoms with Crippen LogP contribution in [0.25, 0.3) is 0 Å². The van der Waals surface area contributed by atoms with E-state index in [1.165, 1.54) is 38.5 Å². The third kappa shape index (κ3) is 5.19. The molecule has 0 unspecified atom stereocenters. The average molecular weight is 295 g/mol. The standard InChI is InChI=1S/C15H25N3OS/c1-11(2)20-10-13-9-14(19)18-15(17-13)16-12-7-5-3-4-6-8-12/h9,11-12H,3-8,10H2,1-2H3,(H2,16,17,18,19). The Balaban J connectivity index is 2.01. The van der Waals surface area contributed by atoms with E-state index in [0.29, 0.717) is 17.2 Å². The van der Waals surface area contributed by atoms with Crippen LogP contribution < -0.4 is 10.9 Å². The van der Waals surface area contributed by atoms with Gasteiger partial charge in [0.1, 0.15) is 0 Å². The summed E-state index contributed by atoms with van der Waals surface area (Å²) in [6.07, 6.45) is 7.54. The van der Waals surface area contributed by atoms with E-state index in [4.69, 9.17) is 0 Å². The first-order valence-electron chi connectivity index (χ1n) is 7.62. The molecule has 0 aromatic carbocycles. The summed E-state index contributed by atoms with van der Waals surface area (Å²) in [5.74, 6) is 1.43. The molecule has 4 nitrogen and oxygen atoms in total. The van der Waals surface area contributed by atoms with Crippen molar-refractivity contribution in [1.82, 2.24) is 9.97 Å². The summed E-state index contributed by atoms with van der Waals surface area (Å²) < 4.78 is 0. The van der Waals surface area contributed by atoms with Crippen molar-refractivity contribution in [3.8, 4) is 0 Å². The topological polar surface area (TPSA) is 57.8 Å². The quantitative estimate of drug-likeness (QED) is 0.816. The van der Waals surface area contributed by atoms with Gasteiger partial charge in [-0.2, -0.15) is 11.8 Å². The Bertz CT molecular complexity index is 464. The van der Waals surface area contributed by atoms with Crippen LogP contribution in [-0.4, -0.2) is 21.3 Å². The minimum absolute atomic E-state index is 0.0597. The number of H-pyrrole nitrogens is 1. The molecular formula is C15H25N3OS. The Kier molecular flexibility index (Phi) is 5.95. The number of aromatic nitrogens is 2. The highest BCUT2D eigenvalue weighted by atomic mass is 32.2. The van der Waals surface area contributed by atoms with E-state index >= 15 is 0 Å². The van der Waals surface area contributed by atoms with Crippen molar-refractivity contribution >= 4 is 17.7 Å². The molecule has 0 saturated heterocycles. The maximum Gasteiger partial charge on any atom is 0.252 e. The zero-order chi connectivity index (χ0) is 14.4. The molecule has 5 heteroatoms. The molecule has 1 heterocycles. The van der Waals surface area contributed by atoms with Crippen molar-refractivity contribution in [2.24, 2.45) is 0 Å². The highest BCUT2D eigenvalue weighted by molar-refractivity contribution is 7.99. The predicted molar refractivity (Wildman–Crippen MR) is 86.4 cm³/mol. The van der Waals surface area contributed by atoms with Crippen LogP contribution in [0.1, 0.15) is 58.1 Å². The molecule has 1 saturated carbocycles. The fraction of sp³-hybridized carbons (Fsp3) is 0.733. The third-order valence-electron chi connectivity index (χ3n) is 3.56. The van der Waals surface area contributed by atoms with E-state index in [9.17, 15) is 4.79 Å². The van der Waals surface area contributed by atoms with Crippen molar-refractivity contribution in [3.63, 3.8) is 0 Å². The van der Waals surface area contributed by atoms with Gasteiger partial charge in [-0.1, -0.05) is 39.5 Å². The molecule has 1 aliphatic carbocycles. The number of aromatic amines is 1. The lowest BCUT2D eigenvalue weighted by atomic mass is 10.1. The summed E-state index contributed by atoms with van der Waals surface area (Å²) in [6.45, 7) is 4.31. The summed E-state index contributed by atoms with van der Waals surface area (Å²) >= 11 is 1.81. The fourth-order valence-corrected chi connectivity index (χ4v) is 3.17. The largest absolute Gasteiger partial charge is 0.353 e. The molecule has 20 heavy (non-hydrogen) atoms. The van der Waals surface area contributed by atoms with Crippen molar-refractivity contribution < 1.29 is 0 Å². The first-order chi connectivity index (χ1) is 9.63. The van der Waals surface area contributed by atoms with Gasteiger partial charge >= 0.3 is 0 Å². The lowest BCUT2D eigenvalue weighted by Gasteiger charge is -2.16. The van der Waals surface area contributed by atoms with Gasteiger partial charge in [0.2, 0.25) is 5.95 Å². The molecule has 0 amide bonds. The molecule has 0 spiro atoms. The van der Waals surface area contributed by atoms with Gasteiger partial charge in [0.25, 0.3) is 5.56 Å². The molecule has 1 aromatic rings. The summed E-state index contributed by atoms with van der Waals surface area (Å²) in [5.41, 5.74) is 0.805. The molecule has 0 atom stereocenters. The monoisotopic (exact) mass is 295 g/mol. The van der Waals surface area contributed by atoms with Crippen LogP contribution in [0, 0.1) is 0 Å². The normalized spacial score (nSPS) is 17.1. The van der Waals surface area contributed by atoms with Crippen LogP contribution in [0.15, 0.2) is 10.9 Å². The molecule has 0 aliphatic heterocycles. The van der Waals surface area contributed by atoms with Crippen molar-refractivity contribution in [2.45, 2.75) is 69.4 Å². The van der Waals surface area contributed by atoms with E-state index in [1.54, 1.807) is 6.07 Å². The van der Waals surface area contributed by atoms with Crippen molar-refractivity contribution in [1.29, 1.82) is 0 Å². The minimum Gasteiger partial charge on any atom is -0.353 e. The van der Waals surface area contributed by atoms with Crippen LogP contribution in [-0.2, 0) is 5.75 Å². The molecule has 0 bridgehead atoms. The lowest BCUT2D eigenvalue weighted by molar-refractivity contribution is 0.614. The van der Waals surface area contributed by atoms with E-state index < -0.39 is 0 Å². The zero-order valence-electron chi connectivity index (χ0n) is 12.4. The Hall–Kier alpha value is -0.970. The minimum atomic E-state index is -0.0597. The predicted octanol–water partition coefficient (Wildman–Crippen LogP) is 3.55. The molecule has 1 aromatic heterocycles. The van der Waals surface area contributed by atoms with Gasteiger partial charge in [0.05, 0.1) is 5.69 Å². The number of anilines is 1. The van der Waals surface area contributed by atoms with Gasteiger partial charge in [-0.05, 0) is 18.1 Å². The Morgan fingerprint density at radius 1 is 1.35 bits per heavy atom. The van der Waals surface area contributed by atoms with Crippen LogP contribution in [0.2, 0.25) is 0 Å². The number of nitrogens with one attached hydrogen (secondary N) is 2. The SMILES string of the molecule is CC(C)SCc1cc(=O)[nH]c(NC2CCCCCC2)n1. The van der Waals surface area contributed by atoms with Crippen molar-refractivity contribution in [2.75, 3.05) is 5.32 Å². The summed E-state index contributed by atoms with van der Waals surface area (Å²) in [4.78, 5) is 19.1. The molecule has 2 rings (SSSR count). The van der Waals surface area contributed by atoms with Gasteiger partial charge < -0.3 is 5.32 Å². The van der Waals surface area contributed by atoms with Crippen LogP contribution >= 0.6 is 11.8 Å². The van der Waals surface area contributed by atoms with Gasteiger partial charge in [0.15, 0.2) is 0 Å². The molecule has 1 fully saturated rings. The molecule has 112 valence electrons. The number of thioether (sulfide) groups is 1. The molecule has 0 radical (unpaired) electrons. The van der Waals surface area contributed by atoms with Gasteiger partial charge in [-0.25, -0.2) is 4.98 Å². The second kappa shape index (κ2) is 7.72. The second-order valence-corrected chi connectivity index (χ2v) is 7.34. The smallest absolute Gasteiger partial charge is 0.252 e. The van der Waals surface area contributed by atoms with Gasteiger partial charge in [0, 0.05) is 17.9 Å². The summed E-state index contributed by atoms with van der Waals surface area (Å²) in [6, 6.07) is 2.06. The molecule has 2 N–H and O–H groups in total. The van der Waals surface area contributed by atoms with Gasteiger partial charge in [-0.3, -0.25) is 9.78 Å². The Labute approximate surface area is 125 Å². The first-order valence-corrected chi connectivity index (χ1v) is 8.67. The highest BCUT2D eigenvalue weighted by Crippen LogP contribution is 2.20. The number of hydrogen-bond donors (Lipinski definition) is 2. The number of rotatable bonds is 5. The van der Waals surface area contributed by atoms with Crippen LogP contribution in [0.5, 0.6) is 0 Å². The van der Waals surface area contributed by atoms with Crippen molar-refractivity contribution in [3.05, 3.63) is 22.1 Å². The van der Waals surface area contributed by atoms with Gasteiger partial charge in [-0.15, -0.1) is 0 Å². The number of hydrogen-bond acceptors (Lipinski definition) is 4. The second-order valence-electron chi connectivity index (χ2n) is 5.78. The lowest BCUT2D eigenvalue weighted by Crippen LogP contribution is -2.22. The van der Waals surface area contributed by atoms with Crippen LogP contribution in [0.3, 0.4) is 0 Å². The average Bonchev–Trinajstić information content (AvgIpc) is 2.64. The fourth-order valence-electron chi connectivity index (χ4n) is 2.52. The Morgan fingerprint density at radius 2 is 2.05 bits per heavy atom. The van der Waals surface area contributed by atoms with E-state index in [-0.39, 0.29) is 5.56 Å². The number of nitrogens with zero attached hydrogens (tertiary/aromatic N) is 1. The maximum atomic E-state index is 11.7. The molecule has 1 aliphatic rings. The van der Waals surface area contributed by atoms with Crippen LogP contribution in [0.4, 0.5) is 5.95 Å². The van der Waals surface area contributed by atoms with E-state index in [2.05, 4.69) is 29.1 Å². The van der Waals surface area contributed by atoms with E-state index in [0.717, 1.165) is 11.4 Å². The first kappa shape index (κ1) is 15.4. The highest BCUT2D eigenvalue weighted by Gasteiger charge is 2.13. The van der Waals surface area contributed by atoms with E-state index in [1.807, 2.05) is 11.8 Å². The third-order valence-corrected chi connectivity index (χ3v) is 4.68. The Morgan fingerprint density at radius 3 is 2.70 bits per heavy atom. The maximum absolute atomic E-state index is 11.7. The summed E-state index contributed by atoms with van der Waals surface area (Å²) in [7, 11) is 0.